The van der Waals surface area contributed by atoms with E-state index in [4.69, 9.17) is 5.11 Å². The predicted octanol–water partition coefficient (Wildman–Crippen LogP) is 1.78. The number of rotatable bonds is 4. The van der Waals surface area contributed by atoms with Gasteiger partial charge in [-0.2, -0.15) is 0 Å². The minimum atomic E-state index is -0.906. The molecule has 1 aromatic rings. The van der Waals surface area contributed by atoms with Crippen LogP contribution in [0.25, 0.3) is 0 Å². The SMILES string of the molecule is O=C(O)c1ccccc1CNC1CCCCC1O. The highest BCUT2D eigenvalue weighted by atomic mass is 16.4. The number of aliphatic hydroxyl groups excluding tert-OH is 1. The van der Waals surface area contributed by atoms with Gasteiger partial charge in [-0.1, -0.05) is 31.0 Å². The van der Waals surface area contributed by atoms with Gasteiger partial charge >= 0.3 is 5.97 Å². The smallest absolute Gasteiger partial charge is 0.336 e. The van der Waals surface area contributed by atoms with Gasteiger partial charge in [-0.25, -0.2) is 4.79 Å². The molecule has 3 N–H and O–H groups in total. The summed E-state index contributed by atoms with van der Waals surface area (Å²) >= 11 is 0. The average molecular weight is 249 g/mol. The lowest BCUT2D eigenvalue weighted by molar-refractivity contribution is 0.0695. The molecule has 0 aromatic heterocycles. The Morgan fingerprint density at radius 1 is 1.28 bits per heavy atom. The predicted molar refractivity (Wildman–Crippen MR) is 68.5 cm³/mol. The van der Waals surface area contributed by atoms with Crippen LogP contribution < -0.4 is 5.32 Å². The summed E-state index contributed by atoms with van der Waals surface area (Å²) in [5.41, 5.74) is 1.10. The maximum atomic E-state index is 11.1. The van der Waals surface area contributed by atoms with Crippen molar-refractivity contribution in [3.05, 3.63) is 35.4 Å². The number of aliphatic hydroxyl groups is 1. The van der Waals surface area contributed by atoms with E-state index in [1.165, 1.54) is 0 Å². The van der Waals surface area contributed by atoms with Crippen molar-refractivity contribution in [3.63, 3.8) is 0 Å². The second-order valence-electron chi connectivity index (χ2n) is 4.80. The molecule has 4 heteroatoms. The van der Waals surface area contributed by atoms with Crippen LogP contribution in [0.5, 0.6) is 0 Å². The van der Waals surface area contributed by atoms with Gasteiger partial charge in [-0.15, -0.1) is 0 Å². The summed E-state index contributed by atoms with van der Waals surface area (Å²) < 4.78 is 0. The van der Waals surface area contributed by atoms with Gasteiger partial charge in [0.15, 0.2) is 0 Å². The molecule has 0 bridgehead atoms. The number of benzene rings is 1. The molecule has 2 rings (SSSR count). The molecule has 0 spiro atoms. The maximum absolute atomic E-state index is 11.1. The maximum Gasteiger partial charge on any atom is 0.336 e. The fourth-order valence-electron chi connectivity index (χ4n) is 2.47. The first-order valence-corrected chi connectivity index (χ1v) is 6.41. The molecule has 0 heterocycles. The summed E-state index contributed by atoms with van der Waals surface area (Å²) in [6.07, 6.45) is 3.67. The molecule has 1 fully saturated rings. The van der Waals surface area contributed by atoms with E-state index in [-0.39, 0.29) is 12.1 Å². The first-order chi connectivity index (χ1) is 8.68. The van der Waals surface area contributed by atoms with Crippen molar-refractivity contribution in [2.75, 3.05) is 0 Å². The van der Waals surface area contributed by atoms with Gasteiger partial charge in [0, 0.05) is 12.6 Å². The van der Waals surface area contributed by atoms with E-state index in [1.807, 2.05) is 12.1 Å². The van der Waals surface area contributed by atoms with Crippen LogP contribution in [-0.4, -0.2) is 28.3 Å². The van der Waals surface area contributed by atoms with Gasteiger partial charge in [-0.3, -0.25) is 0 Å². The van der Waals surface area contributed by atoms with Crippen LogP contribution in [0.15, 0.2) is 24.3 Å². The second-order valence-corrected chi connectivity index (χ2v) is 4.80. The first kappa shape index (κ1) is 13.1. The normalized spacial score (nSPS) is 23.8. The highest BCUT2D eigenvalue weighted by Crippen LogP contribution is 2.19. The number of carboxylic acids is 1. The van der Waals surface area contributed by atoms with Crippen LogP contribution in [0.4, 0.5) is 0 Å². The van der Waals surface area contributed by atoms with Crippen LogP contribution in [0.1, 0.15) is 41.6 Å². The Bertz CT molecular complexity index is 419. The lowest BCUT2D eigenvalue weighted by Crippen LogP contribution is -2.41. The molecule has 0 aliphatic heterocycles. The Morgan fingerprint density at radius 3 is 2.72 bits per heavy atom. The van der Waals surface area contributed by atoms with E-state index in [0.29, 0.717) is 12.1 Å². The lowest BCUT2D eigenvalue weighted by Gasteiger charge is -2.28. The monoisotopic (exact) mass is 249 g/mol. The minimum Gasteiger partial charge on any atom is -0.478 e. The lowest BCUT2D eigenvalue weighted by atomic mass is 9.92. The molecule has 0 amide bonds. The van der Waals surface area contributed by atoms with Crippen molar-refractivity contribution in [1.82, 2.24) is 5.32 Å². The van der Waals surface area contributed by atoms with Crippen molar-refractivity contribution in [2.24, 2.45) is 0 Å². The van der Waals surface area contributed by atoms with Crippen molar-refractivity contribution >= 4 is 5.97 Å². The van der Waals surface area contributed by atoms with Crippen LogP contribution in [0, 0.1) is 0 Å². The van der Waals surface area contributed by atoms with E-state index in [2.05, 4.69) is 5.32 Å². The summed E-state index contributed by atoms with van der Waals surface area (Å²) in [5.74, 6) is -0.906. The zero-order chi connectivity index (χ0) is 13.0. The first-order valence-electron chi connectivity index (χ1n) is 6.41. The van der Waals surface area contributed by atoms with Gasteiger partial charge in [-0.05, 0) is 24.5 Å². The molecular weight excluding hydrogens is 230 g/mol. The van der Waals surface area contributed by atoms with Crippen molar-refractivity contribution in [2.45, 2.75) is 44.4 Å². The highest BCUT2D eigenvalue weighted by molar-refractivity contribution is 5.89. The fourth-order valence-corrected chi connectivity index (χ4v) is 2.47. The zero-order valence-electron chi connectivity index (χ0n) is 10.3. The number of aromatic carboxylic acids is 1. The Hall–Kier alpha value is -1.39. The summed E-state index contributed by atoms with van der Waals surface area (Å²) in [4.78, 5) is 11.1. The third kappa shape index (κ3) is 3.09. The molecule has 1 saturated carbocycles. The van der Waals surface area contributed by atoms with E-state index in [1.54, 1.807) is 12.1 Å². The molecule has 0 saturated heterocycles. The summed E-state index contributed by atoms with van der Waals surface area (Å²) in [7, 11) is 0. The summed E-state index contributed by atoms with van der Waals surface area (Å²) in [5, 5.41) is 22.2. The average Bonchev–Trinajstić information content (AvgIpc) is 2.38. The molecule has 2 atom stereocenters. The Labute approximate surface area is 107 Å². The number of carbonyl (C=O) groups is 1. The molecule has 1 aromatic carbocycles. The third-order valence-electron chi connectivity index (χ3n) is 3.53. The molecule has 0 radical (unpaired) electrons. The molecule has 18 heavy (non-hydrogen) atoms. The van der Waals surface area contributed by atoms with E-state index in [9.17, 15) is 9.90 Å². The van der Waals surface area contributed by atoms with Crippen LogP contribution in [-0.2, 0) is 6.54 Å². The highest BCUT2D eigenvalue weighted by Gasteiger charge is 2.22. The van der Waals surface area contributed by atoms with Crippen molar-refractivity contribution in [1.29, 1.82) is 0 Å². The molecule has 2 unspecified atom stereocenters. The second kappa shape index (κ2) is 5.98. The largest absolute Gasteiger partial charge is 0.478 e. The van der Waals surface area contributed by atoms with Crippen molar-refractivity contribution in [3.8, 4) is 0 Å². The van der Waals surface area contributed by atoms with Crippen molar-refractivity contribution < 1.29 is 15.0 Å². The molecule has 1 aliphatic carbocycles. The topological polar surface area (TPSA) is 69.6 Å². The standard InChI is InChI=1S/C14H19NO3/c16-13-8-4-3-7-12(13)15-9-10-5-1-2-6-11(10)14(17)18/h1-2,5-6,12-13,15-16H,3-4,7-9H2,(H,17,18). The Morgan fingerprint density at radius 2 is 2.00 bits per heavy atom. The molecular formula is C14H19NO3. The Balaban J connectivity index is 1.99. The third-order valence-corrected chi connectivity index (χ3v) is 3.53. The van der Waals surface area contributed by atoms with Gasteiger partial charge in [0.05, 0.1) is 11.7 Å². The van der Waals surface area contributed by atoms with Gasteiger partial charge in [0.1, 0.15) is 0 Å². The number of carboxylic acid groups (broad SMARTS) is 1. The summed E-state index contributed by atoms with van der Waals surface area (Å²) in [6, 6.07) is 7.06. The fraction of sp³-hybridized carbons (Fsp3) is 0.500. The number of nitrogens with one attached hydrogen (secondary N) is 1. The number of hydrogen-bond donors (Lipinski definition) is 3. The quantitative estimate of drug-likeness (QED) is 0.760. The van der Waals surface area contributed by atoms with Crippen LogP contribution in [0.2, 0.25) is 0 Å². The zero-order valence-corrected chi connectivity index (χ0v) is 10.3. The molecule has 98 valence electrons. The number of hydrogen-bond acceptors (Lipinski definition) is 3. The Kier molecular flexibility index (Phi) is 4.33. The van der Waals surface area contributed by atoms with E-state index in [0.717, 1.165) is 31.2 Å². The molecule has 1 aliphatic rings. The van der Waals surface area contributed by atoms with Crippen LogP contribution >= 0.6 is 0 Å². The van der Waals surface area contributed by atoms with Gasteiger partial charge in [0.25, 0.3) is 0 Å². The van der Waals surface area contributed by atoms with Gasteiger partial charge < -0.3 is 15.5 Å². The summed E-state index contributed by atoms with van der Waals surface area (Å²) in [6.45, 7) is 0.490. The minimum absolute atomic E-state index is 0.0839. The van der Waals surface area contributed by atoms with E-state index < -0.39 is 5.97 Å². The molecule has 4 nitrogen and oxygen atoms in total. The van der Waals surface area contributed by atoms with Gasteiger partial charge in [0.2, 0.25) is 0 Å². The van der Waals surface area contributed by atoms with E-state index >= 15 is 0 Å². The van der Waals surface area contributed by atoms with Crippen LogP contribution in [0.3, 0.4) is 0 Å².